The third kappa shape index (κ3) is 3.66. The molecule has 0 amide bonds. The summed E-state index contributed by atoms with van der Waals surface area (Å²) >= 11 is 0. The van der Waals surface area contributed by atoms with Gasteiger partial charge in [-0.15, -0.1) is 0 Å². The van der Waals surface area contributed by atoms with Crippen molar-refractivity contribution >= 4 is 5.95 Å². The largest absolute Gasteiger partial charge is 0.338 e. The molecular weight excluding hydrogens is 236 g/mol. The third-order valence-corrected chi connectivity index (χ3v) is 3.86. The molecule has 1 N–H and O–H groups in total. The lowest BCUT2D eigenvalue weighted by Crippen LogP contribution is -2.28. The van der Waals surface area contributed by atoms with Crippen molar-refractivity contribution in [3.05, 3.63) is 18.0 Å². The fourth-order valence-electron chi connectivity index (χ4n) is 2.30. The van der Waals surface area contributed by atoms with E-state index in [2.05, 4.69) is 27.1 Å². The fraction of sp³-hybridized carbons (Fsp3) is 0.733. The smallest absolute Gasteiger partial charge is 0.225 e. The summed E-state index contributed by atoms with van der Waals surface area (Å²) in [6.07, 6.45) is 11.7. The van der Waals surface area contributed by atoms with Crippen LogP contribution in [0.5, 0.6) is 0 Å². The fourth-order valence-corrected chi connectivity index (χ4v) is 2.30. The molecule has 4 nitrogen and oxygen atoms in total. The van der Waals surface area contributed by atoms with E-state index in [1.807, 2.05) is 12.4 Å². The van der Waals surface area contributed by atoms with E-state index >= 15 is 0 Å². The maximum atomic E-state index is 4.57. The second kappa shape index (κ2) is 5.87. The Labute approximate surface area is 115 Å². The molecule has 0 atom stereocenters. The molecule has 0 unspecified atom stereocenters. The Hall–Kier alpha value is -1.16. The van der Waals surface area contributed by atoms with Crippen LogP contribution in [0.3, 0.4) is 0 Å². The van der Waals surface area contributed by atoms with E-state index in [9.17, 15) is 0 Å². The molecule has 1 aromatic heterocycles. The molecule has 0 bridgehead atoms. The Bertz CT molecular complexity index is 395. The van der Waals surface area contributed by atoms with Gasteiger partial charge in [0.1, 0.15) is 0 Å². The Morgan fingerprint density at radius 3 is 2.53 bits per heavy atom. The minimum absolute atomic E-state index is 0.696. The van der Waals surface area contributed by atoms with Crippen LogP contribution in [-0.4, -0.2) is 28.6 Å². The van der Waals surface area contributed by atoms with Gasteiger partial charge < -0.3 is 10.2 Å². The predicted octanol–water partition coefficient (Wildman–Crippen LogP) is 2.50. The number of anilines is 1. The van der Waals surface area contributed by atoms with Gasteiger partial charge in [-0.05, 0) is 32.1 Å². The van der Waals surface area contributed by atoms with Gasteiger partial charge in [-0.3, -0.25) is 0 Å². The third-order valence-electron chi connectivity index (χ3n) is 3.86. The van der Waals surface area contributed by atoms with E-state index in [0.717, 1.165) is 25.1 Å². The number of nitrogens with zero attached hydrogens (tertiary/aromatic N) is 3. The molecule has 1 aromatic rings. The van der Waals surface area contributed by atoms with Crippen LogP contribution in [0.4, 0.5) is 5.95 Å². The van der Waals surface area contributed by atoms with Crippen LogP contribution in [0.25, 0.3) is 0 Å². The summed E-state index contributed by atoms with van der Waals surface area (Å²) < 4.78 is 0. The van der Waals surface area contributed by atoms with Crippen LogP contribution in [0, 0.1) is 0 Å². The lowest BCUT2D eigenvalue weighted by Gasteiger charge is -2.22. The van der Waals surface area contributed by atoms with Crippen molar-refractivity contribution in [3.8, 4) is 0 Å². The molecule has 0 spiro atoms. The lowest BCUT2D eigenvalue weighted by atomic mass is 10.3. The van der Waals surface area contributed by atoms with E-state index in [4.69, 9.17) is 0 Å². The van der Waals surface area contributed by atoms with Gasteiger partial charge in [0.05, 0.1) is 0 Å². The number of hydrogen-bond acceptors (Lipinski definition) is 4. The first kappa shape index (κ1) is 12.9. The minimum atomic E-state index is 0.696. The van der Waals surface area contributed by atoms with E-state index in [-0.39, 0.29) is 0 Å². The van der Waals surface area contributed by atoms with E-state index in [1.165, 1.54) is 44.1 Å². The van der Waals surface area contributed by atoms with Crippen molar-refractivity contribution in [1.29, 1.82) is 0 Å². The van der Waals surface area contributed by atoms with Gasteiger partial charge in [-0.1, -0.05) is 13.3 Å². The summed E-state index contributed by atoms with van der Waals surface area (Å²) in [6, 6.07) is 1.44. The van der Waals surface area contributed by atoms with Crippen molar-refractivity contribution in [2.45, 2.75) is 64.1 Å². The van der Waals surface area contributed by atoms with E-state index in [0.29, 0.717) is 6.04 Å². The molecule has 0 aliphatic heterocycles. The SMILES string of the molecule is CCCCN(c1ncc(CNC2CC2)cn1)C1CC1. The summed E-state index contributed by atoms with van der Waals surface area (Å²) in [5.74, 6) is 0.922. The number of aromatic nitrogens is 2. The van der Waals surface area contributed by atoms with Gasteiger partial charge in [0, 0.05) is 43.1 Å². The van der Waals surface area contributed by atoms with Crippen molar-refractivity contribution in [3.63, 3.8) is 0 Å². The van der Waals surface area contributed by atoms with Crippen LogP contribution >= 0.6 is 0 Å². The lowest BCUT2D eigenvalue weighted by molar-refractivity contribution is 0.674. The second-order valence-electron chi connectivity index (χ2n) is 5.82. The zero-order valence-corrected chi connectivity index (χ0v) is 11.8. The summed E-state index contributed by atoms with van der Waals surface area (Å²) in [4.78, 5) is 11.5. The van der Waals surface area contributed by atoms with Gasteiger partial charge in [0.25, 0.3) is 0 Å². The first-order valence-electron chi connectivity index (χ1n) is 7.67. The molecule has 0 saturated heterocycles. The second-order valence-corrected chi connectivity index (χ2v) is 5.82. The monoisotopic (exact) mass is 260 g/mol. The van der Waals surface area contributed by atoms with Crippen LogP contribution < -0.4 is 10.2 Å². The molecule has 2 fully saturated rings. The van der Waals surface area contributed by atoms with Gasteiger partial charge in [-0.2, -0.15) is 0 Å². The Kier molecular flexibility index (Phi) is 3.97. The molecule has 0 aromatic carbocycles. The highest BCUT2D eigenvalue weighted by Gasteiger charge is 2.30. The highest BCUT2D eigenvalue weighted by Crippen LogP contribution is 2.29. The topological polar surface area (TPSA) is 41.1 Å². The molecule has 4 heteroatoms. The first-order valence-corrected chi connectivity index (χ1v) is 7.67. The van der Waals surface area contributed by atoms with Gasteiger partial charge in [0.2, 0.25) is 5.95 Å². The Morgan fingerprint density at radius 1 is 1.21 bits per heavy atom. The first-order chi connectivity index (χ1) is 9.36. The summed E-state index contributed by atoms with van der Waals surface area (Å²) in [5.41, 5.74) is 1.20. The van der Waals surface area contributed by atoms with Crippen LogP contribution in [0.2, 0.25) is 0 Å². The maximum Gasteiger partial charge on any atom is 0.225 e. The normalized spacial score (nSPS) is 18.6. The average Bonchev–Trinajstić information content (AvgIpc) is 3.31. The van der Waals surface area contributed by atoms with Crippen LogP contribution in [0.1, 0.15) is 51.0 Å². The van der Waals surface area contributed by atoms with Crippen LogP contribution in [0.15, 0.2) is 12.4 Å². The van der Waals surface area contributed by atoms with Gasteiger partial charge in [-0.25, -0.2) is 9.97 Å². The number of unbranched alkanes of at least 4 members (excludes halogenated alkanes) is 1. The molecule has 3 rings (SSSR count). The van der Waals surface area contributed by atoms with Gasteiger partial charge in [0.15, 0.2) is 0 Å². The molecule has 2 aliphatic carbocycles. The maximum absolute atomic E-state index is 4.57. The minimum Gasteiger partial charge on any atom is -0.338 e. The summed E-state index contributed by atoms with van der Waals surface area (Å²) in [5, 5.41) is 3.50. The molecule has 0 radical (unpaired) electrons. The summed E-state index contributed by atoms with van der Waals surface area (Å²) in [6.45, 7) is 4.24. The van der Waals surface area contributed by atoms with Crippen molar-refractivity contribution in [2.24, 2.45) is 0 Å². The molecule has 1 heterocycles. The van der Waals surface area contributed by atoms with Crippen molar-refractivity contribution in [1.82, 2.24) is 15.3 Å². The average molecular weight is 260 g/mol. The molecular formula is C15H24N4. The standard InChI is InChI=1S/C15H24N4/c1-2-3-8-19(14-6-7-14)15-17-10-12(11-18-15)9-16-13-4-5-13/h10-11,13-14,16H,2-9H2,1H3. The van der Waals surface area contributed by atoms with Gasteiger partial charge >= 0.3 is 0 Å². The number of nitrogens with one attached hydrogen (secondary N) is 1. The number of hydrogen-bond donors (Lipinski definition) is 1. The van der Waals surface area contributed by atoms with Crippen molar-refractivity contribution < 1.29 is 0 Å². The molecule has 2 saturated carbocycles. The predicted molar refractivity (Wildman–Crippen MR) is 77.2 cm³/mol. The molecule has 104 valence electrons. The van der Waals surface area contributed by atoms with Crippen LogP contribution in [-0.2, 0) is 6.54 Å². The quantitative estimate of drug-likeness (QED) is 0.779. The zero-order valence-electron chi connectivity index (χ0n) is 11.8. The number of rotatable bonds is 8. The molecule has 2 aliphatic rings. The Balaban J connectivity index is 1.58. The van der Waals surface area contributed by atoms with E-state index < -0.39 is 0 Å². The highest BCUT2D eigenvalue weighted by molar-refractivity contribution is 5.34. The highest BCUT2D eigenvalue weighted by atomic mass is 15.3. The Morgan fingerprint density at radius 2 is 1.95 bits per heavy atom. The summed E-state index contributed by atoms with van der Waals surface area (Å²) in [7, 11) is 0. The zero-order chi connectivity index (χ0) is 13.1. The van der Waals surface area contributed by atoms with Crippen molar-refractivity contribution in [2.75, 3.05) is 11.4 Å². The van der Waals surface area contributed by atoms with E-state index in [1.54, 1.807) is 0 Å². The molecule has 19 heavy (non-hydrogen) atoms.